The van der Waals surface area contributed by atoms with Crippen LogP contribution in [0.1, 0.15) is 45.1 Å². The summed E-state index contributed by atoms with van der Waals surface area (Å²) in [5, 5.41) is 7.07. The van der Waals surface area contributed by atoms with Crippen LogP contribution in [0.3, 0.4) is 0 Å². The number of hydrogen-bond acceptors (Lipinski definition) is 3. The van der Waals surface area contributed by atoms with E-state index in [4.69, 9.17) is 4.74 Å². The zero-order valence-electron chi connectivity index (χ0n) is 18.6. The van der Waals surface area contributed by atoms with Crippen molar-refractivity contribution in [3.05, 3.63) is 54.2 Å². The summed E-state index contributed by atoms with van der Waals surface area (Å²) in [7, 11) is 0. The molecular weight excluding hydrogens is 388 g/mol. The molecule has 1 aliphatic rings. The minimum Gasteiger partial charge on any atom is -0.489 e. The third kappa shape index (κ3) is 5.02. The van der Waals surface area contributed by atoms with Crippen LogP contribution in [0.5, 0.6) is 5.75 Å². The third-order valence-corrected chi connectivity index (χ3v) is 5.94. The molecular formula is C25H32N4O2. The van der Waals surface area contributed by atoms with Gasteiger partial charge in [0.05, 0.1) is 11.8 Å². The second-order valence-corrected chi connectivity index (χ2v) is 8.45. The molecule has 2 heterocycles. The van der Waals surface area contributed by atoms with Gasteiger partial charge >= 0.3 is 6.03 Å². The highest BCUT2D eigenvalue weighted by Crippen LogP contribution is 2.34. The molecule has 1 fully saturated rings. The van der Waals surface area contributed by atoms with E-state index in [2.05, 4.69) is 39.7 Å². The lowest BCUT2D eigenvalue weighted by atomic mass is 9.89. The number of aromatic amines is 1. The second-order valence-electron chi connectivity index (χ2n) is 8.45. The van der Waals surface area contributed by atoms with Crippen LogP contribution in [0.2, 0.25) is 0 Å². The summed E-state index contributed by atoms with van der Waals surface area (Å²) in [4.78, 5) is 18.6. The number of urea groups is 1. The van der Waals surface area contributed by atoms with Crippen LogP contribution in [-0.2, 0) is 0 Å². The van der Waals surface area contributed by atoms with Gasteiger partial charge in [-0.2, -0.15) is 0 Å². The lowest BCUT2D eigenvalue weighted by Gasteiger charge is -2.30. The molecule has 0 radical (unpaired) electrons. The first-order valence-corrected chi connectivity index (χ1v) is 11.2. The number of hydrogen-bond donors (Lipinski definition) is 3. The maximum absolute atomic E-state index is 12.7. The number of H-pyrrole nitrogens is 1. The Hall–Kier alpha value is -2.99. The first kappa shape index (κ1) is 21.2. The van der Waals surface area contributed by atoms with Crippen molar-refractivity contribution in [2.45, 2.75) is 45.6 Å². The zero-order valence-corrected chi connectivity index (χ0v) is 18.6. The van der Waals surface area contributed by atoms with E-state index in [0.717, 1.165) is 30.8 Å². The maximum Gasteiger partial charge on any atom is 0.323 e. The molecule has 2 amide bonds. The Kier molecular flexibility index (Phi) is 6.47. The summed E-state index contributed by atoms with van der Waals surface area (Å²) in [6.07, 6.45) is 4.52. The van der Waals surface area contributed by atoms with Gasteiger partial charge in [0.25, 0.3) is 0 Å². The smallest absolute Gasteiger partial charge is 0.323 e. The van der Waals surface area contributed by atoms with Gasteiger partial charge in [0.1, 0.15) is 5.75 Å². The van der Waals surface area contributed by atoms with Crippen LogP contribution in [0.15, 0.2) is 48.7 Å². The summed E-state index contributed by atoms with van der Waals surface area (Å²) >= 11 is 0. The topological polar surface area (TPSA) is 69.4 Å². The Morgan fingerprint density at radius 2 is 1.94 bits per heavy atom. The van der Waals surface area contributed by atoms with E-state index in [9.17, 15) is 4.79 Å². The number of fused-ring (bicyclic) bond motifs is 1. The third-order valence-electron chi connectivity index (χ3n) is 5.94. The van der Waals surface area contributed by atoms with Crippen molar-refractivity contribution in [2.24, 2.45) is 0 Å². The molecule has 4 rings (SSSR count). The molecule has 31 heavy (non-hydrogen) atoms. The predicted molar refractivity (Wildman–Crippen MR) is 127 cm³/mol. The first-order valence-electron chi connectivity index (χ1n) is 11.2. The number of likely N-dealkylation sites (tertiary alicyclic amines) is 1. The molecule has 1 aliphatic heterocycles. The average molecular weight is 421 g/mol. The number of piperidine rings is 1. The highest BCUT2D eigenvalue weighted by Gasteiger charge is 2.22. The number of nitrogens with one attached hydrogen (secondary N) is 3. The fourth-order valence-electron chi connectivity index (χ4n) is 4.33. The van der Waals surface area contributed by atoms with Crippen molar-refractivity contribution >= 4 is 28.3 Å². The van der Waals surface area contributed by atoms with Crippen LogP contribution in [0.4, 0.5) is 16.2 Å². The largest absolute Gasteiger partial charge is 0.489 e. The van der Waals surface area contributed by atoms with Crippen molar-refractivity contribution in [1.29, 1.82) is 0 Å². The van der Waals surface area contributed by atoms with E-state index >= 15 is 0 Å². The summed E-state index contributed by atoms with van der Waals surface area (Å²) in [6, 6.07) is 13.2. The van der Waals surface area contributed by atoms with Gasteiger partial charge in [-0.15, -0.1) is 0 Å². The summed E-state index contributed by atoms with van der Waals surface area (Å²) < 4.78 is 5.79. The predicted octanol–water partition coefficient (Wildman–Crippen LogP) is 5.80. The number of ether oxygens (including phenoxy) is 1. The Balaban J connectivity index is 1.47. The second kappa shape index (κ2) is 9.43. The number of carbonyl (C=O) groups excluding carboxylic acids is 1. The van der Waals surface area contributed by atoms with Crippen molar-refractivity contribution < 1.29 is 9.53 Å². The molecule has 2 aromatic carbocycles. The van der Waals surface area contributed by atoms with E-state index in [1.807, 2.05) is 50.2 Å². The Morgan fingerprint density at radius 1 is 1.16 bits per heavy atom. The maximum atomic E-state index is 12.7. The van der Waals surface area contributed by atoms with E-state index < -0.39 is 0 Å². The van der Waals surface area contributed by atoms with Crippen LogP contribution in [0.25, 0.3) is 10.9 Å². The van der Waals surface area contributed by atoms with Crippen LogP contribution in [-0.4, -0.2) is 41.7 Å². The van der Waals surface area contributed by atoms with Crippen LogP contribution >= 0.6 is 0 Å². The molecule has 1 saturated heterocycles. The van der Waals surface area contributed by atoms with Gasteiger partial charge in [0.15, 0.2) is 0 Å². The average Bonchev–Trinajstić information content (AvgIpc) is 3.18. The molecule has 0 atom stereocenters. The van der Waals surface area contributed by atoms with Gasteiger partial charge in [0, 0.05) is 22.8 Å². The number of rotatable bonds is 6. The van der Waals surface area contributed by atoms with Gasteiger partial charge < -0.3 is 25.3 Å². The Bertz CT molecular complexity index is 1030. The molecule has 0 aliphatic carbocycles. The molecule has 3 aromatic rings. The highest BCUT2D eigenvalue weighted by molar-refractivity contribution is 6.02. The zero-order chi connectivity index (χ0) is 21.8. The van der Waals surface area contributed by atoms with Crippen LogP contribution in [0, 0.1) is 0 Å². The van der Waals surface area contributed by atoms with Crippen LogP contribution < -0.4 is 15.4 Å². The van der Waals surface area contributed by atoms with E-state index in [0.29, 0.717) is 17.4 Å². The van der Waals surface area contributed by atoms with Crippen molar-refractivity contribution in [2.75, 3.05) is 30.3 Å². The minimum absolute atomic E-state index is 0.0321. The Labute approximate surface area is 184 Å². The summed E-state index contributed by atoms with van der Waals surface area (Å²) in [5.41, 5.74) is 3.89. The number of aromatic nitrogens is 1. The molecule has 6 nitrogen and oxygen atoms in total. The van der Waals surface area contributed by atoms with E-state index in [1.54, 1.807) is 0 Å². The van der Waals surface area contributed by atoms with E-state index in [-0.39, 0.29) is 12.1 Å². The number of carbonyl (C=O) groups is 1. The van der Waals surface area contributed by atoms with Gasteiger partial charge in [-0.25, -0.2) is 4.79 Å². The highest BCUT2D eigenvalue weighted by atomic mass is 16.5. The van der Waals surface area contributed by atoms with Gasteiger partial charge in [0.2, 0.25) is 0 Å². The van der Waals surface area contributed by atoms with Gasteiger partial charge in [-0.05, 0) is 88.1 Å². The molecule has 0 saturated carbocycles. The lowest BCUT2D eigenvalue weighted by molar-refractivity contribution is 0.223. The quantitative estimate of drug-likeness (QED) is 0.472. The van der Waals surface area contributed by atoms with Crippen molar-refractivity contribution in [3.63, 3.8) is 0 Å². The molecule has 0 bridgehead atoms. The number of anilines is 2. The Morgan fingerprint density at radius 3 is 2.68 bits per heavy atom. The number of para-hydroxylation sites is 2. The fourth-order valence-corrected chi connectivity index (χ4v) is 4.33. The lowest BCUT2D eigenvalue weighted by Crippen LogP contribution is -2.32. The minimum atomic E-state index is -0.285. The summed E-state index contributed by atoms with van der Waals surface area (Å²) in [6.45, 7) is 9.56. The van der Waals surface area contributed by atoms with E-state index in [1.165, 1.54) is 23.8 Å². The molecule has 3 N–H and O–H groups in total. The molecule has 0 spiro atoms. The van der Waals surface area contributed by atoms with Crippen molar-refractivity contribution in [3.8, 4) is 5.75 Å². The standard InChI is InChI=1S/C25H32N4O2/c1-4-29-13-11-18(12-14-29)21-16-26-22-10-9-19(15-20(21)22)27-25(30)28-23-7-5-6-8-24(23)31-17(2)3/h5-10,15-18,26H,4,11-14H2,1-3H3,(H2,27,28,30). The van der Waals surface area contributed by atoms with Crippen molar-refractivity contribution in [1.82, 2.24) is 9.88 Å². The normalized spacial score (nSPS) is 15.4. The summed E-state index contributed by atoms with van der Waals surface area (Å²) in [5.74, 6) is 1.22. The first-order chi connectivity index (χ1) is 15.0. The number of amides is 2. The monoisotopic (exact) mass is 420 g/mol. The molecule has 1 aromatic heterocycles. The number of benzene rings is 2. The molecule has 164 valence electrons. The SMILES string of the molecule is CCN1CCC(c2c[nH]c3ccc(NC(=O)Nc4ccccc4OC(C)C)cc23)CC1. The number of nitrogens with zero attached hydrogens (tertiary/aromatic N) is 1. The van der Waals surface area contributed by atoms with Gasteiger partial charge in [-0.3, -0.25) is 0 Å². The molecule has 6 heteroatoms. The fraction of sp³-hybridized carbons (Fsp3) is 0.400. The molecule has 0 unspecified atom stereocenters. The van der Waals surface area contributed by atoms with Gasteiger partial charge in [-0.1, -0.05) is 19.1 Å².